The van der Waals surface area contributed by atoms with E-state index in [9.17, 15) is 0 Å². The Kier molecular flexibility index (Phi) is 9.64. The molecule has 0 saturated carbocycles. The van der Waals surface area contributed by atoms with Gasteiger partial charge in [0.05, 0.1) is 50.2 Å². The molecule has 0 radical (unpaired) electrons. The van der Waals surface area contributed by atoms with Crippen molar-refractivity contribution in [2.75, 3.05) is 4.90 Å². The minimum Gasteiger partial charge on any atom is -0.310 e. The lowest BCUT2D eigenvalue weighted by Gasteiger charge is -2.28. The van der Waals surface area contributed by atoms with Crippen LogP contribution in [0.2, 0.25) is 0 Å². The first-order chi connectivity index (χ1) is 34.2. The number of aryl methyl sites for hydroxylation is 2. The molecular formula is C66H54N4. The van der Waals surface area contributed by atoms with E-state index in [0.717, 1.165) is 39.6 Å². The second-order valence-electron chi connectivity index (χ2n) is 20.0. The Hall–Kier alpha value is -8.34. The molecule has 3 aromatic heterocycles. The van der Waals surface area contributed by atoms with Gasteiger partial charge in [0.25, 0.3) is 0 Å². The lowest BCUT2D eigenvalue weighted by Crippen LogP contribution is -2.12. The average Bonchev–Trinajstić information content (AvgIpc) is 4.00. The van der Waals surface area contributed by atoms with E-state index in [4.69, 9.17) is 0 Å². The van der Waals surface area contributed by atoms with Crippen molar-refractivity contribution < 1.29 is 0 Å². The zero-order valence-electron chi connectivity index (χ0n) is 40.6. The van der Waals surface area contributed by atoms with Gasteiger partial charge in [0, 0.05) is 49.4 Å². The molecule has 0 unspecified atom stereocenters. The number of benzene rings is 10. The summed E-state index contributed by atoms with van der Waals surface area (Å²) >= 11 is 0. The first-order valence-electron chi connectivity index (χ1n) is 24.8. The monoisotopic (exact) mass is 902 g/mol. The molecule has 0 N–H and O–H groups in total. The molecule has 4 heteroatoms. The molecule has 13 rings (SSSR count). The number of rotatable bonds is 8. The molecule has 0 amide bonds. The van der Waals surface area contributed by atoms with Gasteiger partial charge in [0.15, 0.2) is 0 Å². The third kappa shape index (κ3) is 6.65. The fraction of sp³-hybridized carbons (Fsp3) is 0.121. The number of hydrogen-bond acceptors (Lipinski definition) is 1. The van der Waals surface area contributed by atoms with E-state index in [1.54, 1.807) is 0 Å². The van der Waals surface area contributed by atoms with Crippen LogP contribution in [0.1, 0.15) is 61.8 Å². The molecular weight excluding hydrogens is 849 g/mol. The van der Waals surface area contributed by atoms with Crippen LogP contribution >= 0.6 is 0 Å². The highest BCUT2D eigenvalue weighted by Crippen LogP contribution is 2.45. The molecule has 0 bridgehead atoms. The van der Waals surface area contributed by atoms with Crippen LogP contribution in [0.25, 0.3) is 93.3 Å². The standard InChI is InChI=1S/C66H54N4/c1-41(2)46-23-29-58-59-30-24-47(42(3)4)36-65(59)70(64(58)35-46)54-38-52(37-53(39-54)69-62-32-43(5)20-27-56(62)57-28-21-44(6)33-63(57)69)67(50-25-22-45-14-10-11-15-48(45)34-50)51-26-31-60-55-18-12-13-19-61(55)68(66(60)40-51)49-16-8-7-9-17-49/h7-42H,1-6H3. The molecule has 0 aliphatic heterocycles. The minimum atomic E-state index is 0.373. The summed E-state index contributed by atoms with van der Waals surface area (Å²) in [6.07, 6.45) is 0. The van der Waals surface area contributed by atoms with Crippen LogP contribution in [-0.4, -0.2) is 13.7 Å². The highest BCUT2D eigenvalue weighted by Gasteiger charge is 2.23. The Morgan fingerprint density at radius 1 is 0.300 bits per heavy atom. The van der Waals surface area contributed by atoms with Gasteiger partial charge in [0.1, 0.15) is 0 Å². The van der Waals surface area contributed by atoms with Crippen LogP contribution in [0.4, 0.5) is 17.1 Å². The summed E-state index contributed by atoms with van der Waals surface area (Å²) in [6, 6.07) is 77.6. The molecule has 0 fully saturated rings. The minimum absolute atomic E-state index is 0.373. The third-order valence-corrected chi connectivity index (χ3v) is 14.8. The van der Waals surface area contributed by atoms with E-state index >= 15 is 0 Å². The van der Waals surface area contributed by atoms with Gasteiger partial charge in [-0.15, -0.1) is 0 Å². The van der Waals surface area contributed by atoms with Crippen molar-refractivity contribution in [3.05, 3.63) is 229 Å². The van der Waals surface area contributed by atoms with Crippen molar-refractivity contribution in [2.45, 2.75) is 53.4 Å². The van der Waals surface area contributed by atoms with Crippen molar-refractivity contribution in [3.63, 3.8) is 0 Å². The normalized spacial score (nSPS) is 12.1. The van der Waals surface area contributed by atoms with E-state index in [1.807, 2.05) is 0 Å². The van der Waals surface area contributed by atoms with Gasteiger partial charge in [0.2, 0.25) is 0 Å². The molecule has 338 valence electrons. The van der Waals surface area contributed by atoms with E-state index in [0.29, 0.717) is 11.8 Å². The van der Waals surface area contributed by atoms with Crippen LogP contribution in [0.5, 0.6) is 0 Å². The largest absolute Gasteiger partial charge is 0.310 e. The van der Waals surface area contributed by atoms with Crippen molar-refractivity contribution in [2.24, 2.45) is 0 Å². The Balaban J connectivity index is 1.18. The average molecular weight is 903 g/mol. The SMILES string of the molecule is Cc1ccc2c3ccc(C)cc3n(-c3cc(N(c4ccc5ccccc5c4)c4ccc5c6ccccc6n(-c6ccccc6)c5c4)cc(-n4c5cc(C(C)C)ccc5c5ccc(C(C)C)cc54)c3)c2c1. The summed E-state index contributed by atoms with van der Waals surface area (Å²) in [7, 11) is 0. The van der Waals surface area contributed by atoms with E-state index < -0.39 is 0 Å². The van der Waals surface area contributed by atoms with Gasteiger partial charge >= 0.3 is 0 Å². The summed E-state index contributed by atoms with van der Waals surface area (Å²) in [5, 5.41) is 9.88. The lowest BCUT2D eigenvalue weighted by molar-refractivity contribution is 0.867. The van der Waals surface area contributed by atoms with Gasteiger partial charge in [-0.2, -0.15) is 0 Å². The maximum atomic E-state index is 2.55. The van der Waals surface area contributed by atoms with Crippen LogP contribution < -0.4 is 4.90 Å². The number of nitrogens with zero attached hydrogens (tertiary/aromatic N) is 4. The molecule has 0 atom stereocenters. The maximum absolute atomic E-state index is 2.55. The Morgan fingerprint density at radius 2 is 0.743 bits per heavy atom. The third-order valence-electron chi connectivity index (χ3n) is 14.8. The number of aromatic nitrogens is 3. The highest BCUT2D eigenvalue weighted by molar-refractivity contribution is 6.13. The van der Waals surface area contributed by atoms with Gasteiger partial charge in [-0.25, -0.2) is 0 Å². The van der Waals surface area contributed by atoms with E-state index in [2.05, 4.69) is 266 Å². The predicted octanol–water partition coefficient (Wildman–Crippen LogP) is 18.5. The summed E-state index contributed by atoms with van der Waals surface area (Å²) in [6.45, 7) is 13.6. The maximum Gasteiger partial charge on any atom is 0.0561 e. The molecule has 0 aliphatic carbocycles. The summed E-state index contributed by atoms with van der Waals surface area (Å²) in [5.74, 6) is 0.746. The smallest absolute Gasteiger partial charge is 0.0561 e. The number of hydrogen-bond donors (Lipinski definition) is 0. The number of fused-ring (bicyclic) bond motifs is 10. The van der Waals surface area contributed by atoms with Gasteiger partial charge in [-0.3, -0.25) is 0 Å². The molecule has 3 heterocycles. The first kappa shape index (κ1) is 41.8. The molecule has 4 nitrogen and oxygen atoms in total. The molecule has 0 aliphatic rings. The Labute approximate surface area is 408 Å². The highest BCUT2D eigenvalue weighted by atomic mass is 15.2. The summed E-state index contributed by atoms with van der Waals surface area (Å²) in [5.41, 5.74) is 18.8. The van der Waals surface area contributed by atoms with Crippen LogP contribution in [0.15, 0.2) is 206 Å². The van der Waals surface area contributed by atoms with Crippen molar-refractivity contribution >= 4 is 93.3 Å². The zero-order valence-corrected chi connectivity index (χ0v) is 40.6. The fourth-order valence-corrected chi connectivity index (χ4v) is 11.2. The molecule has 0 saturated heterocycles. The van der Waals surface area contributed by atoms with Crippen LogP contribution in [0, 0.1) is 13.8 Å². The summed E-state index contributed by atoms with van der Waals surface area (Å²) in [4.78, 5) is 2.49. The molecule has 0 spiro atoms. The van der Waals surface area contributed by atoms with Gasteiger partial charge in [-0.05, 0) is 144 Å². The molecule has 70 heavy (non-hydrogen) atoms. The van der Waals surface area contributed by atoms with Crippen LogP contribution in [-0.2, 0) is 0 Å². The first-order valence-corrected chi connectivity index (χ1v) is 24.8. The zero-order chi connectivity index (χ0) is 47.4. The van der Waals surface area contributed by atoms with Gasteiger partial charge < -0.3 is 18.6 Å². The van der Waals surface area contributed by atoms with Crippen molar-refractivity contribution in [1.82, 2.24) is 13.7 Å². The number of anilines is 3. The lowest BCUT2D eigenvalue weighted by atomic mass is 10.00. The van der Waals surface area contributed by atoms with Crippen molar-refractivity contribution in [3.8, 4) is 17.1 Å². The fourth-order valence-electron chi connectivity index (χ4n) is 11.2. The quantitative estimate of drug-likeness (QED) is 0.149. The Morgan fingerprint density at radius 3 is 1.34 bits per heavy atom. The van der Waals surface area contributed by atoms with E-state index in [1.165, 1.54) is 92.9 Å². The number of para-hydroxylation sites is 2. The summed E-state index contributed by atoms with van der Waals surface area (Å²) < 4.78 is 7.49. The second kappa shape index (κ2) is 16.1. The molecule has 10 aromatic carbocycles. The second-order valence-corrected chi connectivity index (χ2v) is 20.0. The van der Waals surface area contributed by atoms with Crippen molar-refractivity contribution in [1.29, 1.82) is 0 Å². The van der Waals surface area contributed by atoms with E-state index in [-0.39, 0.29) is 0 Å². The predicted molar refractivity (Wildman–Crippen MR) is 299 cm³/mol. The van der Waals surface area contributed by atoms with Crippen LogP contribution in [0.3, 0.4) is 0 Å². The topological polar surface area (TPSA) is 18.0 Å². The Bertz CT molecular complexity index is 4090. The van der Waals surface area contributed by atoms with Gasteiger partial charge in [-0.1, -0.05) is 149 Å². The molecule has 13 aromatic rings.